The van der Waals surface area contributed by atoms with E-state index in [2.05, 4.69) is 38.3 Å². The van der Waals surface area contributed by atoms with Gasteiger partial charge in [-0.2, -0.15) is 0 Å². The molecule has 1 aromatic carbocycles. The summed E-state index contributed by atoms with van der Waals surface area (Å²) in [4.78, 5) is 2.41. The van der Waals surface area contributed by atoms with E-state index in [1.807, 2.05) is 6.07 Å². The average molecular weight is 316 g/mol. The molecule has 0 bridgehead atoms. The SMILES string of the molecule is Clc1cc(Br)ccc1N1CCNC(C2CC2)C1. The third kappa shape index (κ3) is 2.61. The van der Waals surface area contributed by atoms with Gasteiger partial charge >= 0.3 is 0 Å². The molecule has 1 atom stereocenters. The van der Waals surface area contributed by atoms with E-state index in [0.29, 0.717) is 6.04 Å². The topological polar surface area (TPSA) is 15.3 Å². The van der Waals surface area contributed by atoms with Crippen molar-refractivity contribution in [2.45, 2.75) is 18.9 Å². The molecule has 4 heteroatoms. The fourth-order valence-corrected chi connectivity index (χ4v) is 3.34. The van der Waals surface area contributed by atoms with Gasteiger partial charge in [0.15, 0.2) is 0 Å². The number of benzene rings is 1. The van der Waals surface area contributed by atoms with Crippen molar-refractivity contribution in [2.24, 2.45) is 5.92 Å². The third-order valence-electron chi connectivity index (χ3n) is 3.65. The summed E-state index contributed by atoms with van der Waals surface area (Å²) in [6.07, 6.45) is 2.78. The zero-order chi connectivity index (χ0) is 11.8. The molecule has 1 saturated carbocycles. The van der Waals surface area contributed by atoms with Crippen LogP contribution in [0.15, 0.2) is 22.7 Å². The first-order valence-corrected chi connectivity index (χ1v) is 7.34. The number of nitrogens with zero attached hydrogens (tertiary/aromatic N) is 1. The molecular weight excluding hydrogens is 300 g/mol. The highest BCUT2D eigenvalue weighted by molar-refractivity contribution is 9.10. The van der Waals surface area contributed by atoms with E-state index >= 15 is 0 Å². The zero-order valence-electron chi connectivity index (χ0n) is 9.63. The Kier molecular flexibility index (Phi) is 3.33. The normalized spacial score (nSPS) is 25.1. The molecule has 1 heterocycles. The third-order valence-corrected chi connectivity index (χ3v) is 4.44. The van der Waals surface area contributed by atoms with Gasteiger partial charge in [0.25, 0.3) is 0 Å². The number of hydrogen-bond acceptors (Lipinski definition) is 2. The lowest BCUT2D eigenvalue weighted by Crippen LogP contribution is -2.51. The van der Waals surface area contributed by atoms with Crippen LogP contribution in [-0.2, 0) is 0 Å². The predicted octanol–water partition coefficient (Wildman–Crippen LogP) is 3.29. The molecule has 2 aliphatic rings. The van der Waals surface area contributed by atoms with Gasteiger partial charge in [-0.05, 0) is 37.0 Å². The first kappa shape index (κ1) is 11.8. The van der Waals surface area contributed by atoms with Gasteiger partial charge in [-0.15, -0.1) is 0 Å². The maximum atomic E-state index is 6.31. The average Bonchev–Trinajstić information content (AvgIpc) is 3.13. The summed E-state index contributed by atoms with van der Waals surface area (Å²) < 4.78 is 1.04. The molecule has 2 nitrogen and oxygen atoms in total. The van der Waals surface area contributed by atoms with Crippen molar-refractivity contribution < 1.29 is 0 Å². The van der Waals surface area contributed by atoms with E-state index in [4.69, 9.17) is 11.6 Å². The summed E-state index contributed by atoms with van der Waals surface area (Å²) in [6.45, 7) is 3.20. The first-order valence-electron chi connectivity index (χ1n) is 6.17. The minimum atomic E-state index is 0.656. The van der Waals surface area contributed by atoms with Gasteiger partial charge < -0.3 is 10.2 Å². The lowest BCUT2D eigenvalue weighted by atomic mass is 10.1. The Labute approximate surface area is 115 Å². The number of hydrogen-bond donors (Lipinski definition) is 1. The largest absolute Gasteiger partial charge is 0.367 e. The lowest BCUT2D eigenvalue weighted by Gasteiger charge is -2.36. The van der Waals surface area contributed by atoms with Crippen LogP contribution in [0.3, 0.4) is 0 Å². The smallest absolute Gasteiger partial charge is 0.0650 e. The van der Waals surface area contributed by atoms with Gasteiger partial charge in [-0.25, -0.2) is 0 Å². The molecule has 1 aliphatic carbocycles. The van der Waals surface area contributed by atoms with Gasteiger partial charge in [-0.3, -0.25) is 0 Å². The second-order valence-corrected chi connectivity index (χ2v) is 6.26. The number of nitrogens with one attached hydrogen (secondary N) is 1. The highest BCUT2D eigenvalue weighted by Crippen LogP contribution is 2.36. The summed E-state index contributed by atoms with van der Waals surface area (Å²) >= 11 is 9.76. The van der Waals surface area contributed by atoms with Crippen LogP contribution < -0.4 is 10.2 Å². The summed E-state index contributed by atoms with van der Waals surface area (Å²) in [7, 11) is 0. The van der Waals surface area contributed by atoms with Gasteiger partial charge in [0.1, 0.15) is 0 Å². The Morgan fingerprint density at radius 2 is 2.18 bits per heavy atom. The molecule has 1 unspecified atom stereocenters. The molecule has 2 fully saturated rings. The van der Waals surface area contributed by atoms with Gasteiger partial charge in [0, 0.05) is 30.1 Å². The molecule has 0 radical (unpaired) electrons. The van der Waals surface area contributed by atoms with E-state index in [1.165, 1.54) is 18.5 Å². The number of rotatable bonds is 2. The van der Waals surface area contributed by atoms with Crippen molar-refractivity contribution in [2.75, 3.05) is 24.5 Å². The highest BCUT2D eigenvalue weighted by Gasteiger charge is 2.34. The van der Waals surface area contributed by atoms with E-state index in [0.717, 1.165) is 35.0 Å². The summed E-state index contributed by atoms with van der Waals surface area (Å²) in [5.41, 5.74) is 1.17. The molecular formula is C13H16BrClN2. The van der Waals surface area contributed by atoms with Crippen LogP contribution >= 0.6 is 27.5 Å². The van der Waals surface area contributed by atoms with Crippen LogP contribution in [0.1, 0.15) is 12.8 Å². The molecule has 3 rings (SSSR count). The molecule has 17 heavy (non-hydrogen) atoms. The molecule has 0 amide bonds. The maximum Gasteiger partial charge on any atom is 0.0650 e. The Balaban J connectivity index is 1.77. The fourth-order valence-electron chi connectivity index (χ4n) is 2.55. The van der Waals surface area contributed by atoms with E-state index in [9.17, 15) is 0 Å². The molecule has 1 N–H and O–H groups in total. The number of piperazine rings is 1. The second kappa shape index (κ2) is 4.79. The van der Waals surface area contributed by atoms with Crippen molar-refractivity contribution in [3.63, 3.8) is 0 Å². The maximum absolute atomic E-state index is 6.31. The van der Waals surface area contributed by atoms with Crippen LogP contribution in [0.25, 0.3) is 0 Å². The van der Waals surface area contributed by atoms with Gasteiger partial charge in [0.2, 0.25) is 0 Å². The van der Waals surface area contributed by atoms with Crippen molar-refractivity contribution in [3.8, 4) is 0 Å². The number of anilines is 1. The van der Waals surface area contributed by atoms with Crippen molar-refractivity contribution in [1.29, 1.82) is 0 Å². The van der Waals surface area contributed by atoms with Crippen LogP contribution in [-0.4, -0.2) is 25.7 Å². The Morgan fingerprint density at radius 1 is 1.35 bits per heavy atom. The monoisotopic (exact) mass is 314 g/mol. The lowest BCUT2D eigenvalue weighted by molar-refractivity contribution is 0.419. The Bertz CT molecular complexity index is 420. The fraction of sp³-hybridized carbons (Fsp3) is 0.538. The first-order chi connectivity index (χ1) is 8.24. The van der Waals surface area contributed by atoms with Crippen LogP contribution in [0.4, 0.5) is 5.69 Å². The van der Waals surface area contributed by atoms with Crippen molar-refractivity contribution in [3.05, 3.63) is 27.7 Å². The quantitative estimate of drug-likeness (QED) is 0.901. The standard InChI is InChI=1S/C13H16BrClN2/c14-10-3-4-13(11(15)7-10)17-6-5-16-12(8-17)9-1-2-9/h3-4,7,9,12,16H,1-2,5-6,8H2. The van der Waals surface area contributed by atoms with Gasteiger partial charge in [-0.1, -0.05) is 27.5 Å². The van der Waals surface area contributed by atoms with Crippen LogP contribution in [0, 0.1) is 5.92 Å². The van der Waals surface area contributed by atoms with Crippen LogP contribution in [0.5, 0.6) is 0 Å². The molecule has 0 aromatic heterocycles. The number of halogens is 2. The zero-order valence-corrected chi connectivity index (χ0v) is 12.0. The summed E-state index contributed by atoms with van der Waals surface area (Å²) in [6, 6.07) is 6.81. The molecule has 1 aromatic rings. The van der Waals surface area contributed by atoms with E-state index in [1.54, 1.807) is 0 Å². The Hall–Kier alpha value is -0.250. The minimum Gasteiger partial charge on any atom is -0.367 e. The highest BCUT2D eigenvalue weighted by atomic mass is 79.9. The van der Waals surface area contributed by atoms with Crippen molar-refractivity contribution in [1.82, 2.24) is 5.32 Å². The molecule has 1 aliphatic heterocycles. The molecule has 1 saturated heterocycles. The van der Waals surface area contributed by atoms with Gasteiger partial charge in [0.05, 0.1) is 10.7 Å². The predicted molar refractivity (Wildman–Crippen MR) is 75.9 cm³/mol. The molecule has 0 spiro atoms. The second-order valence-electron chi connectivity index (χ2n) is 4.94. The summed E-state index contributed by atoms with van der Waals surface area (Å²) in [5, 5.41) is 4.46. The summed E-state index contributed by atoms with van der Waals surface area (Å²) in [5.74, 6) is 0.895. The van der Waals surface area contributed by atoms with E-state index < -0.39 is 0 Å². The van der Waals surface area contributed by atoms with Crippen molar-refractivity contribution >= 4 is 33.2 Å². The minimum absolute atomic E-state index is 0.656. The van der Waals surface area contributed by atoms with E-state index in [-0.39, 0.29) is 0 Å². The molecule has 92 valence electrons. The van der Waals surface area contributed by atoms with Crippen LogP contribution in [0.2, 0.25) is 5.02 Å². The Morgan fingerprint density at radius 3 is 2.88 bits per heavy atom.